The molecule has 1 saturated heterocycles. The predicted octanol–water partition coefficient (Wildman–Crippen LogP) is 3.77. The highest BCUT2D eigenvalue weighted by Gasteiger charge is 2.26. The third-order valence-corrected chi connectivity index (χ3v) is 4.92. The molecule has 5 heteroatoms. The van der Waals surface area contributed by atoms with E-state index in [0.29, 0.717) is 25.3 Å². The number of hydrogen-bond donors (Lipinski definition) is 1. The third kappa shape index (κ3) is 3.45. The molecule has 1 aliphatic rings. The van der Waals surface area contributed by atoms with Crippen LogP contribution in [0.5, 0.6) is 0 Å². The number of carboxylic acid groups (broad SMARTS) is 1. The van der Waals surface area contributed by atoms with Gasteiger partial charge < -0.3 is 14.4 Å². The van der Waals surface area contributed by atoms with Gasteiger partial charge in [0.1, 0.15) is 5.58 Å². The minimum absolute atomic E-state index is 0.0958. The van der Waals surface area contributed by atoms with Crippen LogP contribution in [0.25, 0.3) is 11.0 Å². The fourth-order valence-corrected chi connectivity index (χ4v) is 3.38. The van der Waals surface area contributed by atoms with Gasteiger partial charge in [-0.25, -0.2) is 0 Å². The van der Waals surface area contributed by atoms with Gasteiger partial charge in [0.15, 0.2) is 5.76 Å². The first-order chi connectivity index (χ1) is 11.4. The van der Waals surface area contributed by atoms with E-state index < -0.39 is 5.97 Å². The fourth-order valence-electron chi connectivity index (χ4n) is 3.38. The highest BCUT2D eigenvalue weighted by atomic mass is 16.4. The number of nitrogens with zero attached hydrogens (tertiary/aromatic N) is 1. The van der Waals surface area contributed by atoms with Crippen LogP contribution in [0.15, 0.2) is 22.6 Å². The van der Waals surface area contributed by atoms with Crippen molar-refractivity contribution in [1.82, 2.24) is 4.90 Å². The first-order valence-electron chi connectivity index (χ1n) is 8.46. The van der Waals surface area contributed by atoms with E-state index in [0.717, 1.165) is 29.4 Å². The second-order valence-electron chi connectivity index (χ2n) is 6.78. The number of likely N-dealkylation sites (tertiary alicyclic amines) is 1. The number of aryl methyl sites for hydroxylation is 2. The molecule has 3 rings (SSSR count). The molecule has 1 amide bonds. The van der Waals surface area contributed by atoms with Crippen molar-refractivity contribution in [1.29, 1.82) is 0 Å². The molecule has 0 radical (unpaired) electrons. The number of amides is 1. The van der Waals surface area contributed by atoms with Crippen molar-refractivity contribution in [3.8, 4) is 0 Å². The predicted molar refractivity (Wildman–Crippen MR) is 91.2 cm³/mol. The number of fused-ring (bicyclic) bond motifs is 1. The second kappa shape index (κ2) is 6.67. The average molecular weight is 329 g/mol. The Morgan fingerprint density at radius 1 is 1.25 bits per heavy atom. The summed E-state index contributed by atoms with van der Waals surface area (Å²) in [4.78, 5) is 25.3. The molecule has 24 heavy (non-hydrogen) atoms. The standard InChI is InChI=1S/C19H23NO4/c1-12-8-15-10-17(24-16(15)9-13(12)2)19(23)20-7-3-4-14(11-20)5-6-18(21)22/h8-10,14H,3-7,11H2,1-2H3,(H,21,22)/t14-/m0/s1. The number of carbonyl (C=O) groups is 2. The van der Waals surface area contributed by atoms with Crippen LogP contribution in [-0.2, 0) is 4.79 Å². The van der Waals surface area contributed by atoms with Gasteiger partial charge in [0.25, 0.3) is 5.91 Å². The van der Waals surface area contributed by atoms with E-state index >= 15 is 0 Å². The molecule has 1 aliphatic heterocycles. The summed E-state index contributed by atoms with van der Waals surface area (Å²) in [6.07, 6.45) is 2.68. The van der Waals surface area contributed by atoms with Crippen LogP contribution < -0.4 is 0 Å². The van der Waals surface area contributed by atoms with Crippen LogP contribution in [0.4, 0.5) is 0 Å². The lowest BCUT2D eigenvalue weighted by molar-refractivity contribution is -0.137. The lowest BCUT2D eigenvalue weighted by atomic mass is 9.93. The Morgan fingerprint density at radius 3 is 2.75 bits per heavy atom. The smallest absolute Gasteiger partial charge is 0.303 e. The molecular weight excluding hydrogens is 306 g/mol. The van der Waals surface area contributed by atoms with Crippen LogP contribution in [-0.4, -0.2) is 35.0 Å². The maximum atomic E-state index is 12.7. The maximum Gasteiger partial charge on any atom is 0.303 e. The molecule has 1 atom stereocenters. The Bertz CT molecular complexity index is 738. The number of carboxylic acids is 1. The number of piperidine rings is 1. The lowest BCUT2D eigenvalue weighted by Gasteiger charge is -2.32. The number of furan rings is 1. The van der Waals surface area contributed by atoms with E-state index in [1.54, 1.807) is 4.90 Å². The first kappa shape index (κ1) is 16.6. The Morgan fingerprint density at radius 2 is 2.00 bits per heavy atom. The van der Waals surface area contributed by atoms with Gasteiger partial charge in [0, 0.05) is 24.9 Å². The summed E-state index contributed by atoms with van der Waals surface area (Å²) in [5, 5.41) is 9.77. The number of carbonyl (C=O) groups excluding carboxylic acids is 1. The van der Waals surface area contributed by atoms with Gasteiger partial charge in [-0.1, -0.05) is 0 Å². The van der Waals surface area contributed by atoms with Gasteiger partial charge in [0.2, 0.25) is 0 Å². The van der Waals surface area contributed by atoms with Gasteiger partial charge in [0.05, 0.1) is 0 Å². The zero-order chi connectivity index (χ0) is 17.3. The second-order valence-corrected chi connectivity index (χ2v) is 6.78. The molecule has 5 nitrogen and oxygen atoms in total. The molecule has 1 aromatic carbocycles. The van der Waals surface area contributed by atoms with Crippen LogP contribution in [0, 0.1) is 19.8 Å². The Hall–Kier alpha value is -2.30. The summed E-state index contributed by atoms with van der Waals surface area (Å²) in [5.74, 6) is -0.246. The van der Waals surface area contributed by atoms with Crippen LogP contribution in [0.1, 0.15) is 47.4 Å². The summed E-state index contributed by atoms with van der Waals surface area (Å²) in [7, 11) is 0. The minimum Gasteiger partial charge on any atom is -0.481 e. The lowest BCUT2D eigenvalue weighted by Crippen LogP contribution is -2.39. The molecule has 0 unspecified atom stereocenters. The van der Waals surface area contributed by atoms with Crippen molar-refractivity contribution in [2.45, 2.75) is 39.5 Å². The van der Waals surface area contributed by atoms with Gasteiger partial charge in [-0.2, -0.15) is 0 Å². The van der Waals surface area contributed by atoms with E-state index in [2.05, 4.69) is 0 Å². The molecule has 0 aliphatic carbocycles. The SMILES string of the molecule is Cc1cc2cc(C(=O)N3CCC[C@@H](CCC(=O)O)C3)oc2cc1C. The van der Waals surface area contributed by atoms with Crippen LogP contribution >= 0.6 is 0 Å². The molecule has 2 aromatic rings. The van der Waals surface area contributed by atoms with Crippen molar-refractivity contribution < 1.29 is 19.1 Å². The first-order valence-corrected chi connectivity index (χ1v) is 8.46. The quantitative estimate of drug-likeness (QED) is 0.927. The maximum absolute atomic E-state index is 12.7. The molecule has 1 N–H and O–H groups in total. The van der Waals surface area contributed by atoms with E-state index in [9.17, 15) is 9.59 Å². The van der Waals surface area contributed by atoms with Crippen LogP contribution in [0.2, 0.25) is 0 Å². The van der Waals surface area contributed by atoms with Gasteiger partial charge in [-0.05, 0) is 68.4 Å². The molecule has 2 heterocycles. The monoisotopic (exact) mass is 329 g/mol. The number of hydrogen-bond acceptors (Lipinski definition) is 3. The molecule has 0 bridgehead atoms. The zero-order valence-electron chi connectivity index (χ0n) is 14.2. The zero-order valence-corrected chi connectivity index (χ0v) is 14.2. The molecule has 128 valence electrons. The van der Waals surface area contributed by atoms with Crippen molar-refractivity contribution in [2.24, 2.45) is 5.92 Å². The summed E-state index contributed by atoms with van der Waals surface area (Å²) in [6, 6.07) is 5.81. The molecule has 0 saturated carbocycles. The fraction of sp³-hybridized carbons (Fsp3) is 0.474. The summed E-state index contributed by atoms with van der Waals surface area (Å²) in [5.41, 5.74) is 3.05. The summed E-state index contributed by atoms with van der Waals surface area (Å²) >= 11 is 0. The minimum atomic E-state index is -0.776. The Labute approximate surface area is 141 Å². The summed E-state index contributed by atoms with van der Waals surface area (Å²) in [6.45, 7) is 5.39. The van der Waals surface area contributed by atoms with Gasteiger partial charge in [-0.15, -0.1) is 0 Å². The molecule has 0 spiro atoms. The van der Waals surface area contributed by atoms with Crippen LogP contribution in [0.3, 0.4) is 0 Å². The Balaban J connectivity index is 1.74. The average Bonchev–Trinajstić information content (AvgIpc) is 2.95. The Kier molecular flexibility index (Phi) is 4.60. The van der Waals surface area contributed by atoms with Crippen molar-refractivity contribution >= 4 is 22.8 Å². The van der Waals surface area contributed by atoms with Crippen molar-refractivity contribution in [3.05, 3.63) is 35.1 Å². The molecule has 1 fully saturated rings. The largest absolute Gasteiger partial charge is 0.481 e. The van der Waals surface area contributed by atoms with E-state index in [-0.39, 0.29) is 18.2 Å². The van der Waals surface area contributed by atoms with E-state index in [1.165, 1.54) is 5.56 Å². The number of aliphatic carboxylic acids is 1. The van der Waals surface area contributed by atoms with Gasteiger partial charge in [-0.3, -0.25) is 9.59 Å². The molecular formula is C19H23NO4. The van der Waals surface area contributed by atoms with Crippen molar-refractivity contribution in [3.63, 3.8) is 0 Å². The number of benzene rings is 1. The van der Waals surface area contributed by atoms with Gasteiger partial charge >= 0.3 is 5.97 Å². The number of rotatable bonds is 4. The normalized spacial score (nSPS) is 18.1. The van der Waals surface area contributed by atoms with Crippen molar-refractivity contribution in [2.75, 3.05) is 13.1 Å². The van der Waals surface area contributed by atoms with E-state index in [4.69, 9.17) is 9.52 Å². The summed E-state index contributed by atoms with van der Waals surface area (Å²) < 4.78 is 5.77. The highest BCUT2D eigenvalue weighted by Crippen LogP contribution is 2.26. The van der Waals surface area contributed by atoms with E-state index in [1.807, 2.05) is 32.0 Å². The molecule has 1 aromatic heterocycles. The topological polar surface area (TPSA) is 70.8 Å². The highest BCUT2D eigenvalue weighted by molar-refractivity contribution is 5.96. The third-order valence-electron chi connectivity index (χ3n) is 4.92.